The second kappa shape index (κ2) is 7.31. The lowest BCUT2D eigenvalue weighted by Gasteiger charge is -2.09. The standard InChI is InChI=1S/C18H17N3O3S/c1-4-5-12-6-7-15(16(8-12)23-3)24-18(22)14-11-25-17(20-14)13-9-19-21(2)10-13/h4-11H,1-3H3/b5-4+. The Labute approximate surface area is 149 Å². The van der Waals surface area contributed by atoms with Crippen LogP contribution in [-0.4, -0.2) is 27.8 Å². The van der Waals surface area contributed by atoms with Crippen molar-refractivity contribution in [3.05, 3.63) is 53.3 Å². The number of methoxy groups -OCH3 is 1. The highest BCUT2D eigenvalue weighted by Crippen LogP contribution is 2.30. The minimum Gasteiger partial charge on any atom is -0.493 e. The molecule has 0 saturated carbocycles. The number of thiazole rings is 1. The summed E-state index contributed by atoms with van der Waals surface area (Å²) in [6.45, 7) is 1.93. The van der Waals surface area contributed by atoms with Crippen molar-refractivity contribution in [2.75, 3.05) is 7.11 Å². The van der Waals surface area contributed by atoms with Gasteiger partial charge in [-0.25, -0.2) is 9.78 Å². The van der Waals surface area contributed by atoms with Gasteiger partial charge in [0.05, 0.1) is 13.3 Å². The van der Waals surface area contributed by atoms with E-state index in [4.69, 9.17) is 9.47 Å². The number of carbonyl (C=O) groups is 1. The Morgan fingerprint density at radius 3 is 2.84 bits per heavy atom. The molecule has 0 radical (unpaired) electrons. The lowest BCUT2D eigenvalue weighted by Crippen LogP contribution is -2.09. The Kier molecular flexibility index (Phi) is 4.95. The predicted molar refractivity (Wildman–Crippen MR) is 97.0 cm³/mol. The van der Waals surface area contributed by atoms with E-state index in [1.807, 2.05) is 44.5 Å². The molecule has 0 atom stereocenters. The summed E-state index contributed by atoms with van der Waals surface area (Å²) in [6.07, 6.45) is 7.42. The number of allylic oxidation sites excluding steroid dienone is 1. The van der Waals surface area contributed by atoms with Crippen LogP contribution in [0.4, 0.5) is 0 Å². The van der Waals surface area contributed by atoms with Crippen LogP contribution in [0.25, 0.3) is 16.6 Å². The summed E-state index contributed by atoms with van der Waals surface area (Å²) in [5.74, 6) is 0.326. The topological polar surface area (TPSA) is 66.2 Å². The summed E-state index contributed by atoms with van der Waals surface area (Å²) >= 11 is 1.37. The zero-order valence-corrected chi connectivity index (χ0v) is 14.9. The molecule has 0 fully saturated rings. The van der Waals surface area contributed by atoms with Crippen molar-refractivity contribution in [1.82, 2.24) is 14.8 Å². The molecule has 0 spiro atoms. The average molecular weight is 355 g/mol. The van der Waals surface area contributed by atoms with Crippen molar-refractivity contribution in [3.8, 4) is 22.1 Å². The third-order valence-corrected chi connectivity index (χ3v) is 4.31. The molecule has 0 bridgehead atoms. The summed E-state index contributed by atoms with van der Waals surface area (Å²) in [5.41, 5.74) is 2.08. The lowest BCUT2D eigenvalue weighted by atomic mass is 10.2. The van der Waals surface area contributed by atoms with E-state index in [1.165, 1.54) is 18.4 Å². The molecule has 0 N–H and O–H groups in total. The van der Waals surface area contributed by atoms with Crippen LogP contribution in [0.1, 0.15) is 23.0 Å². The number of nitrogens with zero attached hydrogens (tertiary/aromatic N) is 3. The minimum atomic E-state index is -0.525. The molecule has 25 heavy (non-hydrogen) atoms. The maximum absolute atomic E-state index is 12.4. The molecule has 0 aliphatic heterocycles. The van der Waals surface area contributed by atoms with Crippen LogP contribution < -0.4 is 9.47 Å². The quantitative estimate of drug-likeness (QED) is 0.514. The number of rotatable bonds is 5. The van der Waals surface area contributed by atoms with Crippen molar-refractivity contribution in [3.63, 3.8) is 0 Å². The molecule has 2 aromatic heterocycles. The van der Waals surface area contributed by atoms with E-state index in [0.29, 0.717) is 11.5 Å². The molecule has 3 aromatic rings. The molecule has 3 rings (SSSR count). The van der Waals surface area contributed by atoms with E-state index in [2.05, 4.69) is 10.1 Å². The van der Waals surface area contributed by atoms with Crippen LogP contribution in [0.3, 0.4) is 0 Å². The van der Waals surface area contributed by atoms with Gasteiger partial charge < -0.3 is 9.47 Å². The second-order valence-electron chi connectivity index (χ2n) is 5.24. The van der Waals surface area contributed by atoms with Crippen molar-refractivity contribution in [1.29, 1.82) is 0 Å². The average Bonchev–Trinajstić information content (AvgIpc) is 3.25. The highest BCUT2D eigenvalue weighted by atomic mass is 32.1. The fourth-order valence-electron chi connectivity index (χ4n) is 2.25. The van der Waals surface area contributed by atoms with Crippen LogP contribution in [0.15, 0.2) is 42.0 Å². The van der Waals surface area contributed by atoms with E-state index in [0.717, 1.165) is 16.1 Å². The Hall–Kier alpha value is -2.93. The Bertz CT molecular complexity index is 927. The van der Waals surface area contributed by atoms with Crippen LogP contribution in [0, 0.1) is 0 Å². The first-order valence-corrected chi connectivity index (χ1v) is 8.46. The summed E-state index contributed by atoms with van der Waals surface area (Å²) in [5, 5.41) is 6.50. The number of esters is 1. The highest BCUT2D eigenvalue weighted by Gasteiger charge is 2.17. The number of carbonyl (C=O) groups excluding carboxylic acids is 1. The SMILES string of the molecule is C/C=C/c1ccc(OC(=O)c2csc(-c3cnn(C)c3)n2)c(OC)c1. The number of benzene rings is 1. The van der Waals surface area contributed by atoms with Gasteiger partial charge in [0.1, 0.15) is 5.01 Å². The molecule has 7 heteroatoms. The molecule has 6 nitrogen and oxygen atoms in total. The zero-order valence-electron chi connectivity index (χ0n) is 14.1. The monoisotopic (exact) mass is 355 g/mol. The van der Waals surface area contributed by atoms with Gasteiger partial charge in [-0.1, -0.05) is 18.2 Å². The van der Waals surface area contributed by atoms with Crippen molar-refractivity contribution < 1.29 is 14.3 Å². The lowest BCUT2D eigenvalue weighted by molar-refractivity contribution is 0.0724. The third kappa shape index (κ3) is 3.77. The van der Waals surface area contributed by atoms with E-state index >= 15 is 0 Å². The van der Waals surface area contributed by atoms with Gasteiger partial charge >= 0.3 is 5.97 Å². The number of hydrogen-bond donors (Lipinski definition) is 0. The smallest absolute Gasteiger partial charge is 0.363 e. The van der Waals surface area contributed by atoms with Gasteiger partial charge in [0.25, 0.3) is 0 Å². The first kappa shape index (κ1) is 16.9. The van der Waals surface area contributed by atoms with Gasteiger partial charge in [0, 0.05) is 24.2 Å². The molecule has 128 valence electrons. The fraction of sp³-hybridized carbons (Fsp3) is 0.167. The molecule has 0 unspecified atom stereocenters. The highest BCUT2D eigenvalue weighted by molar-refractivity contribution is 7.13. The van der Waals surface area contributed by atoms with Gasteiger partial charge in [-0.05, 0) is 24.6 Å². The van der Waals surface area contributed by atoms with E-state index < -0.39 is 5.97 Å². The molecule has 0 saturated heterocycles. The molecule has 0 aliphatic rings. The van der Waals surface area contributed by atoms with E-state index in [-0.39, 0.29) is 5.69 Å². The van der Waals surface area contributed by atoms with Crippen molar-refractivity contribution in [2.24, 2.45) is 7.05 Å². The van der Waals surface area contributed by atoms with Crippen molar-refractivity contribution >= 4 is 23.4 Å². The first-order valence-electron chi connectivity index (χ1n) is 7.58. The molecular formula is C18H17N3O3S. The van der Waals surface area contributed by atoms with E-state index in [9.17, 15) is 4.79 Å². The number of aryl methyl sites for hydroxylation is 1. The first-order chi connectivity index (χ1) is 12.1. The van der Waals surface area contributed by atoms with Crippen LogP contribution in [0.5, 0.6) is 11.5 Å². The summed E-state index contributed by atoms with van der Waals surface area (Å²) in [7, 11) is 3.37. The van der Waals surface area contributed by atoms with Gasteiger partial charge in [0.15, 0.2) is 17.2 Å². The molecule has 0 aliphatic carbocycles. The van der Waals surface area contributed by atoms with Gasteiger partial charge in [0.2, 0.25) is 0 Å². The number of ether oxygens (including phenoxy) is 2. The van der Waals surface area contributed by atoms with Crippen LogP contribution in [0.2, 0.25) is 0 Å². The van der Waals surface area contributed by atoms with E-state index in [1.54, 1.807) is 22.3 Å². The number of aromatic nitrogens is 3. The maximum atomic E-state index is 12.4. The second-order valence-corrected chi connectivity index (χ2v) is 6.10. The zero-order chi connectivity index (χ0) is 17.8. The predicted octanol–water partition coefficient (Wildman–Crippen LogP) is 3.80. The van der Waals surface area contributed by atoms with Crippen molar-refractivity contribution in [2.45, 2.75) is 6.92 Å². The largest absolute Gasteiger partial charge is 0.493 e. The molecule has 2 heterocycles. The minimum absolute atomic E-state index is 0.253. The number of hydrogen-bond acceptors (Lipinski definition) is 6. The molecular weight excluding hydrogens is 338 g/mol. The summed E-state index contributed by atoms with van der Waals surface area (Å²) < 4.78 is 12.4. The summed E-state index contributed by atoms with van der Waals surface area (Å²) in [4.78, 5) is 16.7. The van der Waals surface area contributed by atoms with Gasteiger partial charge in [-0.2, -0.15) is 5.10 Å². The van der Waals surface area contributed by atoms with Gasteiger partial charge in [-0.3, -0.25) is 4.68 Å². The molecule has 1 aromatic carbocycles. The van der Waals surface area contributed by atoms with Crippen LogP contribution >= 0.6 is 11.3 Å². The Morgan fingerprint density at radius 1 is 1.32 bits per heavy atom. The van der Waals surface area contributed by atoms with Gasteiger partial charge in [-0.15, -0.1) is 11.3 Å². The Morgan fingerprint density at radius 2 is 2.16 bits per heavy atom. The van der Waals surface area contributed by atoms with Crippen LogP contribution in [-0.2, 0) is 7.05 Å². The summed E-state index contributed by atoms with van der Waals surface area (Å²) in [6, 6.07) is 5.37. The normalized spacial score (nSPS) is 11.0. The Balaban J connectivity index is 1.79. The fourth-order valence-corrected chi connectivity index (χ4v) is 3.01. The maximum Gasteiger partial charge on any atom is 0.363 e. The molecule has 0 amide bonds. The third-order valence-electron chi connectivity index (χ3n) is 3.41.